The molecule has 0 aromatic carbocycles. The Morgan fingerprint density at radius 2 is 2.00 bits per heavy atom. The van der Waals surface area contributed by atoms with Gasteiger partial charge in [-0.3, -0.25) is 0 Å². The lowest BCUT2D eigenvalue weighted by molar-refractivity contribution is 0.950. The van der Waals surface area contributed by atoms with E-state index in [9.17, 15) is 0 Å². The third-order valence-corrected chi connectivity index (χ3v) is 2.66. The summed E-state index contributed by atoms with van der Waals surface area (Å²) in [6.07, 6.45) is 6.97. The van der Waals surface area contributed by atoms with Crippen LogP contribution in [-0.4, -0.2) is 29.2 Å². The van der Waals surface area contributed by atoms with Gasteiger partial charge in [-0.05, 0) is 12.1 Å². The zero-order valence-electron chi connectivity index (χ0n) is 8.15. The smallest absolute Gasteiger partial charge is 0.240 e. The van der Waals surface area contributed by atoms with Crippen molar-refractivity contribution in [2.45, 2.75) is 0 Å². The van der Waals surface area contributed by atoms with Crippen LogP contribution in [0.15, 0.2) is 37.1 Å². The minimum Gasteiger partial charge on any atom is -0.240 e. The van der Waals surface area contributed by atoms with E-state index in [-0.39, 0.29) is 0 Å². The Morgan fingerprint density at radius 1 is 1.00 bits per heavy atom. The lowest BCUT2D eigenvalue weighted by Gasteiger charge is -2.01. The van der Waals surface area contributed by atoms with Gasteiger partial charge in [-0.2, -0.15) is 19.7 Å². The Bertz CT molecular complexity index is 742. The van der Waals surface area contributed by atoms with Crippen LogP contribution in [0.25, 0.3) is 22.2 Å². The van der Waals surface area contributed by atoms with Crippen molar-refractivity contribution in [3.05, 3.63) is 37.1 Å². The Hall–Kier alpha value is -2.50. The van der Waals surface area contributed by atoms with E-state index in [0.29, 0.717) is 5.78 Å². The van der Waals surface area contributed by atoms with Crippen molar-refractivity contribution in [1.29, 1.82) is 0 Å². The standard InChI is InChI=1S/C10H6N6/c1-3-13-15-4-2-9-7(8(1)15)5-11-10-12-6-14-16(9)10/h1-6H. The van der Waals surface area contributed by atoms with Crippen LogP contribution in [0.4, 0.5) is 0 Å². The zero-order valence-corrected chi connectivity index (χ0v) is 8.15. The average molecular weight is 210 g/mol. The van der Waals surface area contributed by atoms with Crippen LogP contribution < -0.4 is 0 Å². The van der Waals surface area contributed by atoms with Crippen LogP contribution in [0.1, 0.15) is 0 Å². The van der Waals surface area contributed by atoms with E-state index in [0.717, 1.165) is 16.4 Å². The van der Waals surface area contributed by atoms with Crippen LogP contribution in [0.5, 0.6) is 0 Å². The van der Waals surface area contributed by atoms with E-state index in [1.165, 1.54) is 6.33 Å². The first kappa shape index (κ1) is 7.75. The molecule has 4 aromatic heterocycles. The maximum Gasteiger partial charge on any atom is 0.252 e. The molecule has 0 saturated carbocycles. The molecule has 6 heteroatoms. The first-order chi connectivity index (χ1) is 7.93. The van der Waals surface area contributed by atoms with Crippen LogP contribution in [0.2, 0.25) is 0 Å². The van der Waals surface area contributed by atoms with Gasteiger partial charge in [0.15, 0.2) is 0 Å². The van der Waals surface area contributed by atoms with E-state index in [1.54, 1.807) is 16.9 Å². The molecule has 0 radical (unpaired) electrons. The van der Waals surface area contributed by atoms with Crippen LogP contribution in [0, 0.1) is 0 Å². The molecular weight excluding hydrogens is 204 g/mol. The molecule has 4 rings (SSSR count). The van der Waals surface area contributed by atoms with Gasteiger partial charge in [0.05, 0.1) is 17.2 Å². The van der Waals surface area contributed by atoms with Gasteiger partial charge in [0.1, 0.15) is 6.33 Å². The molecule has 0 aliphatic heterocycles. The summed E-state index contributed by atoms with van der Waals surface area (Å²) in [5, 5.41) is 9.34. The Labute approximate surface area is 89.2 Å². The second kappa shape index (κ2) is 2.54. The van der Waals surface area contributed by atoms with Crippen molar-refractivity contribution in [2.24, 2.45) is 0 Å². The molecule has 4 heterocycles. The van der Waals surface area contributed by atoms with E-state index in [1.807, 2.05) is 22.8 Å². The van der Waals surface area contributed by atoms with Crippen molar-refractivity contribution in [3.63, 3.8) is 0 Å². The molecule has 0 amide bonds. The molecule has 0 unspecified atom stereocenters. The maximum absolute atomic E-state index is 4.25. The highest BCUT2D eigenvalue weighted by Crippen LogP contribution is 2.18. The fourth-order valence-corrected chi connectivity index (χ4v) is 1.94. The van der Waals surface area contributed by atoms with E-state index < -0.39 is 0 Å². The summed E-state index contributed by atoms with van der Waals surface area (Å²) in [6.45, 7) is 0. The Balaban J connectivity index is 2.38. The van der Waals surface area contributed by atoms with Gasteiger partial charge in [-0.15, -0.1) is 0 Å². The predicted molar refractivity (Wildman–Crippen MR) is 57.0 cm³/mol. The van der Waals surface area contributed by atoms with Gasteiger partial charge in [-0.25, -0.2) is 9.50 Å². The molecule has 76 valence electrons. The first-order valence-corrected chi connectivity index (χ1v) is 4.84. The summed E-state index contributed by atoms with van der Waals surface area (Å²) >= 11 is 0. The Morgan fingerprint density at radius 3 is 3.00 bits per heavy atom. The first-order valence-electron chi connectivity index (χ1n) is 4.84. The highest BCUT2D eigenvalue weighted by molar-refractivity contribution is 5.93. The second-order valence-electron chi connectivity index (χ2n) is 3.51. The van der Waals surface area contributed by atoms with Crippen molar-refractivity contribution >= 4 is 22.2 Å². The van der Waals surface area contributed by atoms with Gasteiger partial charge in [-0.1, -0.05) is 0 Å². The van der Waals surface area contributed by atoms with Crippen molar-refractivity contribution < 1.29 is 0 Å². The van der Waals surface area contributed by atoms with Crippen molar-refractivity contribution in [3.8, 4) is 0 Å². The molecule has 0 spiro atoms. The van der Waals surface area contributed by atoms with Gasteiger partial charge in [0.2, 0.25) is 0 Å². The maximum atomic E-state index is 4.25. The number of hydrogen-bond acceptors (Lipinski definition) is 4. The number of hydrogen-bond donors (Lipinski definition) is 0. The summed E-state index contributed by atoms with van der Waals surface area (Å²) < 4.78 is 3.54. The fourth-order valence-electron chi connectivity index (χ4n) is 1.94. The fraction of sp³-hybridized carbons (Fsp3) is 0. The van der Waals surface area contributed by atoms with Gasteiger partial charge >= 0.3 is 0 Å². The predicted octanol–water partition coefficient (Wildman–Crippen LogP) is 0.925. The van der Waals surface area contributed by atoms with E-state index in [4.69, 9.17) is 0 Å². The lowest BCUT2D eigenvalue weighted by Crippen LogP contribution is -1.95. The van der Waals surface area contributed by atoms with Gasteiger partial charge < -0.3 is 0 Å². The molecule has 0 atom stereocenters. The van der Waals surface area contributed by atoms with Crippen molar-refractivity contribution in [1.82, 2.24) is 29.2 Å². The number of pyridine rings is 1. The highest BCUT2D eigenvalue weighted by atomic mass is 15.3. The van der Waals surface area contributed by atoms with Crippen molar-refractivity contribution in [2.75, 3.05) is 0 Å². The second-order valence-corrected chi connectivity index (χ2v) is 3.51. The minimum absolute atomic E-state index is 0.608. The largest absolute Gasteiger partial charge is 0.252 e. The third-order valence-electron chi connectivity index (χ3n) is 2.66. The summed E-state index contributed by atoms with van der Waals surface area (Å²) in [5.74, 6) is 0.608. The van der Waals surface area contributed by atoms with Gasteiger partial charge in [0, 0.05) is 17.8 Å². The molecule has 0 fully saturated rings. The SMILES string of the molecule is c1cc2c3cnc4ncnn4c3ccn2n1. The number of aromatic nitrogens is 6. The zero-order chi connectivity index (χ0) is 10.5. The average Bonchev–Trinajstić information content (AvgIpc) is 2.96. The minimum atomic E-state index is 0.608. The molecule has 16 heavy (non-hydrogen) atoms. The molecule has 0 saturated heterocycles. The normalized spacial score (nSPS) is 11.8. The summed E-state index contributed by atoms with van der Waals surface area (Å²) in [5.41, 5.74) is 2.00. The molecule has 6 nitrogen and oxygen atoms in total. The molecular formula is C10H6N6. The van der Waals surface area contributed by atoms with E-state index in [2.05, 4.69) is 20.2 Å². The summed E-state index contributed by atoms with van der Waals surface area (Å²) in [7, 11) is 0. The summed E-state index contributed by atoms with van der Waals surface area (Å²) in [6, 6.07) is 3.91. The monoisotopic (exact) mass is 210 g/mol. The molecule has 0 aliphatic carbocycles. The number of nitrogens with zero attached hydrogens (tertiary/aromatic N) is 6. The van der Waals surface area contributed by atoms with Crippen LogP contribution >= 0.6 is 0 Å². The number of rotatable bonds is 0. The molecule has 0 N–H and O–H groups in total. The van der Waals surface area contributed by atoms with Crippen LogP contribution in [0.3, 0.4) is 0 Å². The van der Waals surface area contributed by atoms with Crippen LogP contribution in [-0.2, 0) is 0 Å². The number of fused-ring (bicyclic) bond motifs is 5. The topological polar surface area (TPSA) is 60.4 Å². The highest BCUT2D eigenvalue weighted by Gasteiger charge is 2.06. The summed E-state index contributed by atoms with van der Waals surface area (Å²) in [4.78, 5) is 8.30. The quantitative estimate of drug-likeness (QED) is 0.433. The third kappa shape index (κ3) is 0.813. The lowest BCUT2D eigenvalue weighted by atomic mass is 10.2. The Kier molecular flexibility index (Phi) is 1.23. The van der Waals surface area contributed by atoms with E-state index >= 15 is 0 Å². The molecule has 0 bridgehead atoms. The molecule has 0 aliphatic rings. The molecule has 4 aromatic rings. The van der Waals surface area contributed by atoms with Gasteiger partial charge in [0.25, 0.3) is 5.78 Å².